The van der Waals surface area contributed by atoms with Crippen molar-refractivity contribution in [1.29, 1.82) is 0 Å². The molecule has 38 heavy (non-hydrogen) atoms. The number of hydrogen-bond donors (Lipinski definition) is 4. The first-order chi connectivity index (χ1) is 18.3. The molecule has 1 saturated heterocycles. The third kappa shape index (κ3) is 7.69. The van der Waals surface area contributed by atoms with Crippen molar-refractivity contribution >= 4 is 28.5 Å². The van der Waals surface area contributed by atoms with Gasteiger partial charge in [0.2, 0.25) is 5.91 Å². The van der Waals surface area contributed by atoms with Crippen LogP contribution >= 0.6 is 0 Å². The summed E-state index contributed by atoms with van der Waals surface area (Å²) in [5.74, 6) is 2.09. The normalized spacial score (nSPS) is 26.1. The molecule has 2 aliphatic rings. The molecule has 6 N–H and O–H groups in total. The monoisotopic (exact) mass is 520 g/mol. The molecule has 0 spiro atoms. The standard InChI is InChI=1S/C30H44N6O2/c1-20-14-21(2)16-22(15-20)19-36-13-11-26(35-27(29(36)38)8-5-12-33-30(31)32)18-34-28(37)25-10-9-23-6-3-4-7-24(23)17-25/h3-4,6-7,9-10,17,20-22,26-27,35H,5,8,11-16,18-19H2,1-2H3,(H,34,37)(H4,31,32,33). The fourth-order valence-electron chi connectivity index (χ4n) is 6.36. The summed E-state index contributed by atoms with van der Waals surface area (Å²) < 4.78 is 0. The highest BCUT2D eigenvalue weighted by Crippen LogP contribution is 2.33. The summed E-state index contributed by atoms with van der Waals surface area (Å²) in [6.45, 7) is 7.13. The van der Waals surface area contributed by atoms with Gasteiger partial charge in [-0.2, -0.15) is 0 Å². The summed E-state index contributed by atoms with van der Waals surface area (Å²) in [4.78, 5) is 32.8. The lowest BCUT2D eigenvalue weighted by atomic mass is 9.76. The Morgan fingerprint density at radius 2 is 1.82 bits per heavy atom. The molecule has 1 aliphatic carbocycles. The predicted octanol–water partition coefficient (Wildman–Crippen LogP) is 3.25. The average molecular weight is 521 g/mol. The maximum absolute atomic E-state index is 13.6. The highest BCUT2D eigenvalue weighted by molar-refractivity contribution is 5.98. The minimum absolute atomic E-state index is 0.00522. The van der Waals surface area contributed by atoms with Crippen molar-refractivity contribution in [3.05, 3.63) is 48.0 Å². The number of carbonyl (C=O) groups is 2. The molecule has 206 valence electrons. The Morgan fingerprint density at radius 3 is 2.55 bits per heavy atom. The fraction of sp³-hybridized carbons (Fsp3) is 0.567. The van der Waals surface area contributed by atoms with Gasteiger partial charge < -0.3 is 27.0 Å². The van der Waals surface area contributed by atoms with E-state index >= 15 is 0 Å². The number of hydrogen-bond acceptors (Lipinski definition) is 4. The third-order valence-electron chi connectivity index (χ3n) is 8.01. The van der Waals surface area contributed by atoms with Crippen LogP contribution in [0.1, 0.15) is 62.7 Å². The summed E-state index contributed by atoms with van der Waals surface area (Å²) in [6.07, 6.45) is 5.80. The number of nitrogens with two attached hydrogens (primary N) is 2. The SMILES string of the molecule is CC1CC(C)CC(CN2CCC(CNC(=O)c3ccc4ccccc4c3)NC(CCCN=C(N)N)C2=O)C1. The minimum Gasteiger partial charge on any atom is -0.370 e. The summed E-state index contributed by atoms with van der Waals surface area (Å²) in [7, 11) is 0. The van der Waals surface area contributed by atoms with E-state index in [0.717, 1.165) is 23.7 Å². The van der Waals surface area contributed by atoms with Crippen molar-refractivity contribution in [3.8, 4) is 0 Å². The number of nitrogens with zero attached hydrogens (tertiary/aromatic N) is 2. The van der Waals surface area contributed by atoms with E-state index in [-0.39, 0.29) is 29.9 Å². The molecular weight excluding hydrogens is 476 g/mol. The molecule has 1 aliphatic heterocycles. The van der Waals surface area contributed by atoms with Crippen LogP contribution in [0.2, 0.25) is 0 Å². The van der Waals surface area contributed by atoms with E-state index in [1.54, 1.807) is 0 Å². The molecule has 0 aromatic heterocycles. The van der Waals surface area contributed by atoms with Gasteiger partial charge in [0.25, 0.3) is 5.91 Å². The molecule has 2 fully saturated rings. The second-order valence-electron chi connectivity index (χ2n) is 11.5. The summed E-state index contributed by atoms with van der Waals surface area (Å²) in [5, 5.41) is 8.81. The zero-order valence-corrected chi connectivity index (χ0v) is 22.9. The first-order valence-corrected chi connectivity index (χ1v) is 14.2. The van der Waals surface area contributed by atoms with E-state index in [4.69, 9.17) is 11.5 Å². The number of aliphatic imine (C=N–C) groups is 1. The molecule has 4 atom stereocenters. The van der Waals surface area contributed by atoms with E-state index < -0.39 is 0 Å². The van der Waals surface area contributed by atoms with Gasteiger partial charge in [0.1, 0.15) is 0 Å². The van der Waals surface area contributed by atoms with Gasteiger partial charge >= 0.3 is 0 Å². The van der Waals surface area contributed by atoms with Gasteiger partial charge in [0.05, 0.1) is 6.04 Å². The van der Waals surface area contributed by atoms with Gasteiger partial charge in [0, 0.05) is 37.8 Å². The van der Waals surface area contributed by atoms with Crippen molar-refractivity contribution in [2.75, 3.05) is 26.2 Å². The number of nitrogens with one attached hydrogen (secondary N) is 2. The molecule has 2 aromatic rings. The number of benzene rings is 2. The Balaban J connectivity index is 1.40. The minimum atomic E-state index is -0.312. The molecule has 8 heteroatoms. The lowest BCUT2D eigenvalue weighted by Gasteiger charge is -2.35. The summed E-state index contributed by atoms with van der Waals surface area (Å²) in [5.41, 5.74) is 11.6. The van der Waals surface area contributed by atoms with E-state index in [9.17, 15) is 9.59 Å². The van der Waals surface area contributed by atoms with E-state index in [2.05, 4.69) is 34.4 Å². The van der Waals surface area contributed by atoms with Gasteiger partial charge in [-0.3, -0.25) is 14.6 Å². The highest BCUT2D eigenvalue weighted by atomic mass is 16.2. The van der Waals surface area contributed by atoms with Crippen molar-refractivity contribution in [2.45, 2.75) is 64.5 Å². The number of guanidine groups is 1. The maximum Gasteiger partial charge on any atom is 0.251 e. The van der Waals surface area contributed by atoms with Crippen molar-refractivity contribution in [3.63, 3.8) is 0 Å². The summed E-state index contributed by atoms with van der Waals surface area (Å²) >= 11 is 0. The zero-order chi connectivity index (χ0) is 27.1. The lowest BCUT2D eigenvalue weighted by molar-refractivity contribution is -0.133. The Bertz CT molecular complexity index is 1120. The van der Waals surface area contributed by atoms with Crippen LogP contribution in [-0.4, -0.2) is 60.9 Å². The van der Waals surface area contributed by atoms with Gasteiger partial charge in [0.15, 0.2) is 5.96 Å². The van der Waals surface area contributed by atoms with Gasteiger partial charge in [-0.1, -0.05) is 44.2 Å². The number of fused-ring (bicyclic) bond motifs is 1. The van der Waals surface area contributed by atoms with Crippen LogP contribution in [0.3, 0.4) is 0 Å². The zero-order valence-electron chi connectivity index (χ0n) is 22.9. The molecule has 0 radical (unpaired) electrons. The molecular formula is C30H44N6O2. The van der Waals surface area contributed by atoms with Crippen LogP contribution in [0.4, 0.5) is 0 Å². The van der Waals surface area contributed by atoms with Crippen molar-refractivity contribution in [2.24, 2.45) is 34.2 Å². The second kappa shape index (κ2) is 13.1. The first-order valence-electron chi connectivity index (χ1n) is 14.2. The topological polar surface area (TPSA) is 126 Å². The van der Waals surface area contributed by atoms with Crippen LogP contribution in [0, 0.1) is 17.8 Å². The van der Waals surface area contributed by atoms with E-state index in [1.807, 2.05) is 42.5 Å². The number of carbonyl (C=O) groups excluding carboxylic acids is 2. The fourth-order valence-corrected chi connectivity index (χ4v) is 6.36. The Labute approximate surface area is 226 Å². The molecule has 4 unspecified atom stereocenters. The average Bonchev–Trinajstić information content (AvgIpc) is 3.03. The molecule has 1 saturated carbocycles. The van der Waals surface area contributed by atoms with Crippen LogP contribution in [-0.2, 0) is 4.79 Å². The maximum atomic E-state index is 13.6. The Morgan fingerprint density at radius 1 is 1.08 bits per heavy atom. The van der Waals surface area contributed by atoms with Crippen LogP contribution < -0.4 is 22.1 Å². The molecule has 0 bridgehead atoms. The third-order valence-corrected chi connectivity index (χ3v) is 8.01. The lowest BCUT2D eigenvalue weighted by Crippen LogP contribution is -2.49. The van der Waals surface area contributed by atoms with E-state index in [0.29, 0.717) is 55.8 Å². The van der Waals surface area contributed by atoms with Gasteiger partial charge in [-0.15, -0.1) is 0 Å². The van der Waals surface area contributed by atoms with Crippen LogP contribution in [0.25, 0.3) is 10.8 Å². The van der Waals surface area contributed by atoms with Crippen LogP contribution in [0.5, 0.6) is 0 Å². The molecule has 1 heterocycles. The Hall–Kier alpha value is -3.13. The molecule has 8 nitrogen and oxygen atoms in total. The van der Waals surface area contributed by atoms with Gasteiger partial charge in [-0.25, -0.2) is 0 Å². The predicted molar refractivity (Wildman–Crippen MR) is 154 cm³/mol. The largest absolute Gasteiger partial charge is 0.370 e. The quantitative estimate of drug-likeness (QED) is 0.229. The second-order valence-corrected chi connectivity index (χ2v) is 11.5. The molecule has 4 rings (SSSR count). The van der Waals surface area contributed by atoms with Crippen molar-refractivity contribution < 1.29 is 9.59 Å². The molecule has 2 amide bonds. The molecule has 2 aromatic carbocycles. The summed E-state index contributed by atoms with van der Waals surface area (Å²) in [6, 6.07) is 13.5. The number of amides is 2. The number of rotatable bonds is 9. The first kappa shape index (κ1) is 27.9. The smallest absolute Gasteiger partial charge is 0.251 e. The Kier molecular flexibility index (Phi) is 9.61. The highest BCUT2D eigenvalue weighted by Gasteiger charge is 2.33. The van der Waals surface area contributed by atoms with Crippen molar-refractivity contribution in [1.82, 2.24) is 15.5 Å². The van der Waals surface area contributed by atoms with Gasteiger partial charge in [-0.05, 0) is 79.2 Å². The van der Waals surface area contributed by atoms with E-state index in [1.165, 1.54) is 19.3 Å². The van der Waals surface area contributed by atoms with Crippen LogP contribution in [0.15, 0.2) is 47.5 Å².